The van der Waals surface area contributed by atoms with Gasteiger partial charge in [-0.3, -0.25) is 9.59 Å². The lowest BCUT2D eigenvalue weighted by Crippen LogP contribution is -2.43. The second-order valence-corrected chi connectivity index (χ2v) is 11.3. The summed E-state index contributed by atoms with van der Waals surface area (Å²) in [5.41, 5.74) is 2.07. The Morgan fingerprint density at radius 3 is 2.71 bits per heavy atom. The normalized spacial score (nSPS) is 17.0. The number of likely N-dealkylation sites (tertiary alicyclic amines) is 1. The first kappa shape index (κ1) is 25.4. The van der Waals surface area contributed by atoms with Gasteiger partial charge in [0.1, 0.15) is 5.82 Å². The lowest BCUT2D eigenvalue weighted by atomic mass is 10.1. The van der Waals surface area contributed by atoms with Gasteiger partial charge in [0, 0.05) is 29.7 Å². The maximum atomic E-state index is 13.1. The number of hydrogen-bond donors (Lipinski definition) is 3. The molecule has 2 heterocycles. The van der Waals surface area contributed by atoms with Crippen molar-refractivity contribution in [1.82, 2.24) is 24.9 Å². The Labute approximate surface area is 213 Å². The van der Waals surface area contributed by atoms with Crippen LogP contribution in [0, 0.1) is 0 Å². The fourth-order valence-electron chi connectivity index (χ4n) is 4.10. The van der Waals surface area contributed by atoms with Crippen molar-refractivity contribution >= 4 is 56.1 Å². The van der Waals surface area contributed by atoms with Gasteiger partial charge < -0.3 is 15.2 Å². The summed E-state index contributed by atoms with van der Waals surface area (Å²) in [4.78, 5) is 35.2. The molecule has 12 heteroatoms. The van der Waals surface area contributed by atoms with E-state index in [1.807, 2.05) is 6.07 Å². The molecule has 2 aromatic carbocycles. The van der Waals surface area contributed by atoms with Gasteiger partial charge in [-0.15, -0.1) is 0 Å². The molecular weight excluding hydrogens is 513 g/mol. The first-order valence-electron chi connectivity index (χ1n) is 11.0. The Hall–Kier alpha value is -2.66. The molecule has 0 spiro atoms. The van der Waals surface area contributed by atoms with Crippen LogP contribution in [0.25, 0.3) is 11.0 Å². The van der Waals surface area contributed by atoms with E-state index in [9.17, 15) is 18.0 Å². The molecule has 0 aliphatic carbocycles. The number of sulfonamides is 1. The highest BCUT2D eigenvalue weighted by molar-refractivity contribution is 7.88. The maximum Gasteiger partial charge on any atom is 0.255 e. The van der Waals surface area contributed by atoms with Gasteiger partial charge in [0.25, 0.3) is 11.8 Å². The second-order valence-electron chi connectivity index (χ2n) is 8.59. The third kappa shape index (κ3) is 5.95. The number of aromatic amines is 1. The molecule has 4 rings (SSSR count). The molecule has 0 radical (unpaired) electrons. The minimum Gasteiger partial charge on any atom is -0.342 e. The van der Waals surface area contributed by atoms with Crippen molar-refractivity contribution in [1.29, 1.82) is 0 Å². The van der Waals surface area contributed by atoms with Gasteiger partial charge in [0.05, 0.1) is 33.9 Å². The number of fused-ring (bicyclic) bond motifs is 1. The van der Waals surface area contributed by atoms with E-state index >= 15 is 0 Å². The summed E-state index contributed by atoms with van der Waals surface area (Å²) in [7, 11) is -3.36. The number of carbonyl (C=O) groups excluding carboxylic acids is 2. The number of imidazole rings is 1. The van der Waals surface area contributed by atoms with Gasteiger partial charge in [-0.05, 0) is 56.2 Å². The highest BCUT2D eigenvalue weighted by atomic mass is 35.5. The lowest BCUT2D eigenvalue weighted by molar-refractivity contribution is 0.0738. The summed E-state index contributed by atoms with van der Waals surface area (Å²) >= 11 is 12.4. The van der Waals surface area contributed by atoms with Gasteiger partial charge in [-0.2, -0.15) is 0 Å². The SMILES string of the molecule is C[C@H](NC(=O)c1ccc(C(=O)N2CCC[C@@H]2CNS(C)(=O)=O)c(Cl)c1)c1nc2cc(Cl)ccc2[nH]1. The van der Waals surface area contributed by atoms with E-state index in [4.69, 9.17) is 23.2 Å². The number of H-pyrrole nitrogens is 1. The summed E-state index contributed by atoms with van der Waals surface area (Å²) in [5.74, 6) is -0.0846. The molecule has 9 nitrogen and oxygen atoms in total. The molecule has 1 aromatic heterocycles. The monoisotopic (exact) mass is 537 g/mol. The fourth-order valence-corrected chi connectivity index (χ4v) is 5.02. The predicted octanol–water partition coefficient (Wildman–Crippen LogP) is 3.51. The maximum absolute atomic E-state index is 13.1. The molecule has 3 N–H and O–H groups in total. The van der Waals surface area contributed by atoms with Crippen LogP contribution in [0.1, 0.15) is 52.3 Å². The van der Waals surface area contributed by atoms with Gasteiger partial charge >= 0.3 is 0 Å². The molecule has 35 heavy (non-hydrogen) atoms. The summed E-state index contributed by atoms with van der Waals surface area (Å²) in [6, 6.07) is 9.16. The Bertz CT molecular complexity index is 1390. The summed E-state index contributed by atoms with van der Waals surface area (Å²) in [6.07, 6.45) is 2.55. The number of amides is 2. The smallest absolute Gasteiger partial charge is 0.255 e. The zero-order valence-corrected chi connectivity index (χ0v) is 21.5. The average molecular weight is 538 g/mol. The van der Waals surface area contributed by atoms with Crippen LogP contribution in [0.3, 0.4) is 0 Å². The average Bonchev–Trinajstić information content (AvgIpc) is 3.43. The van der Waals surface area contributed by atoms with Crippen molar-refractivity contribution in [2.75, 3.05) is 19.3 Å². The number of nitrogens with one attached hydrogen (secondary N) is 3. The molecule has 2 amide bonds. The number of benzene rings is 2. The number of nitrogens with zero attached hydrogens (tertiary/aromatic N) is 2. The zero-order valence-electron chi connectivity index (χ0n) is 19.1. The first-order valence-corrected chi connectivity index (χ1v) is 13.7. The summed E-state index contributed by atoms with van der Waals surface area (Å²) < 4.78 is 25.3. The standard InChI is InChI=1S/C23H25Cl2N5O4S/c1-13(21-28-19-8-6-15(24)11-20(19)29-21)27-22(31)14-5-7-17(18(25)10-14)23(32)30-9-3-4-16(30)12-26-35(2,33)34/h5-8,10-11,13,16,26H,3-4,9,12H2,1-2H3,(H,27,31)(H,28,29)/t13-,16+/m0/s1. The van der Waals surface area contributed by atoms with E-state index in [1.54, 1.807) is 30.0 Å². The van der Waals surface area contributed by atoms with Crippen molar-refractivity contribution in [2.45, 2.75) is 31.8 Å². The minimum absolute atomic E-state index is 0.147. The molecule has 1 aliphatic heterocycles. The molecule has 186 valence electrons. The second kappa shape index (κ2) is 10.1. The molecule has 2 atom stereocenters. The molecule has 3 aromatic rings. The van der Waals surface area contributed by atoms with Crippen molar-refractivity contribution < 1.29 is 18.0 Å². The Morgan fingerprint density at radius 2 is 2.00 bits per heavy atom. The molecule has 0 unspecified atom stereocenters. The molecule has 0 bridgehead atoms. The molecule has 1 aliphatic rings. The third-order valence-corrected chi connectivity index (χ3v) is 7.14. The van der Waals surface area contributed by atoms with Crippen LogP contribution in [0.2, 0.25) is 10.0 Å². The van der Waals surface area contributed by atoms with Crippen LogP contribution in [0.15, 0.2) is 36.4 Å². The number of rotatable bonds is 7. The van der Waals surface area contributed by atoms with Gasteiger partial charge in [-0.25, -0.2) is 18.1 Å². The molecule has 1 fully saturated rings. The van der Waals surface area contributed by atoms with Crippen molar-refractivity contribution in [3.63, 3.8) is 0 Å². The highest BCUT2D eigenvalue weighted by Gasteiger charge is 2.31. The van der Waals surface area contributed by atoms with Crippen molar-refractivity contribution in [3.8, 4) is 0 Å². The molecular formula is C23H25Cl2N5O4S. The van der Waals surface area contributed by atoms with Crippen LogP contribution in [0.4, 0.5) is 0 Å². The van der Waals surface area contributed by atoms with Gasteiger partial charge in [0.2, 0.25) is 10.0 Å². The van der Waals surface area contributed by atoms with Crippen LogP contribution in [0.5, 0.6) is 0 Å². The minimum atomic E-state index is -3.36. The predicted molar refractivity (Wildman–Crippen MR) is 135 cm³/mol. The van der Waals surface area contributed by atoms with Crippen LogP contribution in [-0.4, -0.2) is 60.5 Å². The zero-order chi connectivity index (χ0) is 25.3. The van der Waals surface area contributed by atoms with E-state index < -0.39 is 16.1 Å². The quantitative estimate of drug-likeness (QED) is 0.425. The summed E-state index contributed by atoms with van der Waals surface area (Å²) in [5, 5.41) is 3.59. The first-order chi connectivity index (χ1) is 16.5. The number of hydrogen-bond acceptors (Lipinski definition) is 5. The topological polar surface area (TPSA) is 124 Å². The van der Waals surface area contributed by atoms with Crippen LogP contribution in [-0.2, 0) is 10.0 Å². The lowest BCUT2D eigenvalue weighted by Gasteiger charge is -2.25. The number of aromatic nitrogens is 2. The number of carbonyl (C=O) groups is 2. The summed E-state index contributed by atoms with van der Waals surface area (Å²) in [6.45, 7) is 2.46. The van der Waals surface area contributed by atoms with Crippen molar-refractivity contribution in [2.24, 2.45) is 0 Å². The highest BCUT2D eigenvalue weighted by Crippen LogP contribution is 2.25. The van der Waals surface area contributed by atoms with Gasteiger partial charge in [0.15, 0.2) is 0 Å². The van der Waals surface area contributed by atoms with E-state index in [0.717, 1.165) is 18.2 Å². The third-order valence-electron chi connectivity index (χ3n) is 5.90. The largest absolute Gasteiger partial charge is 0.342 e. The molecule has 0 saturated carbocycles. The number of halogens is 2. The Balaban J connectivity index is 1.44. The van der Waals surface area contributed by atoms with Crippen molar-refractivity contribution in [3.05, 3.63) is 63.4 Å². The Kier molecular flexibility index (Phi) is 7.37. The van der Waals surface area contributed by atoms with Crippen LogP contribution >= 0.6 is 23.2 Å². The Morgan fingerprint density at radius 1 is 1.23 bits per heavy atom. The van der Waals surface area contributed by atoms with Gasteiger partial charge in [-0.1, -0.05) is 23.2 Å². The van der Waals surface area contributed by atoms with E-state index in [1.165, 1.54) is 12.1 Å². The van der Waals surface area contributed by atoms with E-state index in [2.05, 4.69) is 20.0 Å². The van der Waals surface area contributed by atoms with Crippen LogP contribution < -0.4 is 10.0 Å². The van der Waals surface area contributed by atoms with E-state index in [-0.39, 0.29) is 35.0 Å². The molecule has 1 saturated heterocycles. The van der Waals surface area contributed by atoms with E-state index in [0.29, 0.717) is 34.9 Å². The fraction of sp³-hybridized carbons (Fsp3) is 0.348.